The summed E-state index contributed by atoms with van der Waals surface area (Å²) in [5.41, 5.74) is 0. The lowest BCUT2D eigenvalue weighted by Crippen LogP contribution is -1.47. The molecule has 6 heavy (non-hydrogen) atoms. The summed E-state index contributed by atoms with van der Waals surface area (Å²) in [4.78, 5) is 0. The highest BCUT2D eigenvalue weighted by Gasteiger charge is 1.55. The quantitative estimate of drug-likeness (QED) is 0.453. The van der Waals surface area contributed by atoms with E-state index in [0.717, 1.165) is 8.58 Å². The SMILES string of the molecule is C.C.CCPC. The van der Waals surface area contributed by atoms with Crippen LogP contribution in [0.1, 0.15) is 21.8 Å². The molecule has 0 aromatic heterocycles. The molecule has 0 heterocycles. The van der Waals surface area contributed by atoms with Gasteiger partial charge in [0.05, 0.1) is 0 Å². The van der Waals surface area contributed by atoms with E-state index in [0.29, 0.717) is 0 Å². The first-order chi connectivity index (χ1) is 1.91. The van der Waals surface area contributed by atoms with Crippen LogP contribution < -0.4 is 0 Å². The van der Waals surface area contributed by atoms with Crippen molar-refractivity contribution in [1.29, 1.82) is 0 Å². The molecule has 0 saturated carbocycles. The second-order valence-corrected chi connectivity index (χ2v) is 2.12. The van der Waals surface area contributed by atoms with Crippen LogP contribution in [0.5, 0.6) is 0 Å². The first-order valence-electron chi connectivity index (χ1n) is 1.56. The van der Waals surface area contributed by atoms with Gasteiger partial charge in [-0.2, -0.15) is 0 Å². The van der Waals surface area contributed by atoms with Crippen molar-refractivity contribution in [1.82, 2.24) is 0 Å². The zero-order chi connectivity index (χ0) is 3.41. The summed E-state index contributed by atoms with van der Waals surface area (Å²) >= 11 is 0. The highest BCUT2D eigenvalue weighted by molar-refractivity contribution is 7.36. The Morgan fingerprint density at radius 2 is 1.50 bits per heavy atom. The van der Waals surface area contributed by atoms with E-state index < -0.39 is 0 Å². The fourth-order valence-electron chi connectivity index (χ4n) is 0. The topological polar surface area (TPSA) is 0 Å². The van der Waals surface area contributed by atoms with Crippen LogP contribution in [0.4, 0.5) is 0 Å². The highest BCUT2D eigenvalue weighted by Crippen LogP contribution is 1.95. The van der Waals surface area contributed by atoms with E-state index >= 15 is 0 Å². The maximum absolute atomic E-state index is 2.21. The van der Waals surface area contributed by atoms with Gasteiger partial charge in [-0.05, 0) is 12.8 Å². The zero-order valence-electron chi connectivity index (χ0n) is 3.21. The summed E-state index contributed by atoms with van der Waals surface area (Å²) in [6, 6.07) is 0. The molecule has 0 nitrogen and oxygen atoms in total. The minimum absolute atomic E-state index is 0. The van der Waals surface area contributed by atoms with Crippen molar-refractivity contribution in [2.24, 2.45) is 0 Å². The van der Waals surface area contributed by atoms with Crippen molar-refractivity contribution in [3.63, 3.8) is 0 Å². The lowest BCUT2D eigenvalue weighted by atomic mass is 11.0. The van der Waals surface area contributed by atoms with Gasteiger partial charge in [-0.15, -0.1) is 8.58 Å². The fourth-order valence-corrected chi connectivity index (χ4v) is 0. The Hall–Kier alpha value is 0.430. The third-order valence-corrected chi connectivity index (χ3v) is 1.06. The fraction of sp³-hybridized carbons (Fsp3) is 1.00. The Bertz CT molecular complexity index is 5.90. The molecule has 0 bridgehead atoms. The normalized spacial score (nSPS) is 7.00. The third kappa shape index (κ3) is 25.5. The Morgan fingerprint density at radius 3 is 1.50 bits per heavy atom. The zero-order valence-corrected chi connectivity index (χ0v) is 4.21. The highest BCUT2D eigenvalue weighted by atomic mass is 31.1. The van der Waals surface area contributed by atoms with Crippen LogP contribution in [0.3, 0.4) is 0 Å². The van der Waals surface area contributed by atoms with Crippen molar-refractivity contribution in [3.05, 3.63) is 0 Å². The van der Waals surface area contributed by atoms with E-state index in [2.05, 4.69) is 13.6 Å². The average molecular weight is 108 g/mol. The van der Waals surface area contributed by atoms with E-state index in [9.17, 15) is 0 Å². The Balaban J connectivity index is -0.0000000450. The molecular weight excluding hydrogens is 91.0 g/mol. The van der Waals surface area contributed by atoms with Crippen LogP contribution in [0.25, 0.3) is 0 Å². The largest absolute Gasteiger partial charge is 0.126 e. The minimum atomic E-state index is 0. The van der Waals surface area contributed by atoms with E-state index in [-0.39, 0.29) is 14.9 Å². The molecule has 0 fully saturated rings. The van der Waals surface area contributed by atoms with Crippen LogP contribution in [-0.4, -0.2) is 12.8 Å². The Kier molecular flexibility index (Phi) is 48.5. The second kappa shape index (κ2) is 18.0. The molecule has 0 amide bonds. The summed E-state index contributed by atoms with van der Waals surface area (Å²) < 4.78 is 0. The maximum atomic E-state index is 2.21. The minimum Gasteiger partial charge on any atom is -0.126 e. The van der Waals surface area contributed by atoms with Gasteiger partial charge in [-0.1, -0.05) is 21.8 Å². The van der Waals surface area contributed by atoms with Gasteiger partial charge in [0.15, 0.2) is 0 Å². The second-order valence-electron chi connectivity index (χ2n) is 0.707. The lowest BCUT2D eigenvalue weighted by molar-refractivity contribution is 1.52. The molecule has 0 aliphatic heterocycles. The van der Waals surface area contributed by atoms with E-state index in [4.69, 9.17) is 0 Å². The summed E-state index contributed by atoms with van der Waals surface area (Å²) in [7, 11) is 1.14. The molecule has 0 aromatic rings. The maximum Gasteiger partial charge on any atom is -0.0385 e. The third-order valence-electron chi connectivity index (χ3n) is 0.354. The molecule has 1 heteroatoms. The molecule has 0 radical (unpaired) electrons. The van der Waals surface area contributed by atoms with Crippen molar-refractivity contribution < 1.29 is 0 Å². The van der Waals surface area contributed by atoms with Crippen LogP contribution >= 0.6 is 8.58 Å². The first-order valence-corrected chi connectivity index (χ1v) is 3.27. The van der Waals surface area contributed by atoms with Gasteiger partial charge < -0.3 is 0 Å². The van der Waals surface area contributed by atoms with Crippen LogP contribution in [0.2, 0.25) is 0 Å². The van der Waals surface area contributed by atoms with Gasteiger partial charge in [-0.3, -0.25) is 0 Å². The molecular formula is C5H17P. The summed E-state index contributed by atoms with van der Waals surface area (Å²) in [6.07, 6.45) is 1.35. The van der Waals surface area contributed by atoms with Crippen LogP contribution in [0.15, 0.2) is 0 Å². The van der Waals surface area contributed by atoms with Gasteiger partial charge in [-0.25, -0.2) is 0 Å². The van der Waals surface area contributed by atoms with Crippen molar-refractivity contribution in [3.8, 4) is 0 Å². The van der Waals surface area contributed by atoms with Crippen LogP contribution in [0, 0.1) is 0 Å². The molecule has 1 atom stereocenters. The predicted molar refractivity (Wildman–Crippen MR) is 38.2 cm³/mol. The molecule has 0 saturated heterocycles. The predicted octanol–water partition coefficient (Wildman–Crippen LogP) is 2.59. The first kappa shape index (κ1) is 16.1. The van der Waals surface area contributed by atoms with E-state index in [1.807, 2.05) is 0 Å². The van der Waals surface area contributed by atoms with Crippen molar-refractivity contribution in [2.45, 2.75) is 21.8 Å². The molecule has 0 spiro atoms. The summed E-state index contributed by atoms with van der Waals surface area (Å²) in [6.45, 7) is 4.40. The Labute approximate surface area is 44.1 Å². The molecule has 0 N–H and O–H groups in total. The smallest absolute Gasteiger partial charge is 0.0385 e. The van der Waals surface area contributed by atoms with E-state index in [1.54, 1.807) is 0 Å². The van der Waals surface area contributed by atoms with Gasteiger partial charge in [0, 0.05) is 0 Å². The van der Waals surface area contributed by atoms with Gasteiger partial charge in [0.2, 0.25) is 0 Å². The van der Waals surface area contributed by atoms with Crippen molar-refractivity contribution in [2.75, 3.05) is 12.8 Å². The van der Waals surface area contributed by atoms with Gasteiger partial charge in [0.25, 0.3) is 0 Å². The number of hydrogen-bond acceptors (Lipinski definition) is 0. The standard InChI is InChI=1S/C3H9P.2CH4/c1-3-4-2;;/h4H,3H2,1-2H3;2*1H4. The molecule has 42 valence electrons. The molecule has 0 rings (SSSR count). The number of rotatable bonds is 1. The lowest BCUT2D eigenvalue weighted by Gasteiger charge is -1.69. The van der Waals surface area contributed by atoms with Crippen LogP contribution in [-0.2, 0) is 0 Å². The van der Waals surface area contributed by atoms with Gasteiger partial charge in [0.1, 0.15) is 0 Å². The summed E-state index contributed by atoms with van der Waals surface area (Å²) in [5, 5.41) is 0. The molecule has 1 unspecified atom stereocenters. The van der Waals surface area contributed by atoms with Crippen molar-refractivity contribution >= 4 is 8.58 Å². The monoisotopic (exact) mass is 108 g/mol. The molecule has 0 aliphatic rings. The Morgan fingerprint density at radius 1 is 1.33 bits per heavy atom. The number of hydrogen-bond donors (Lipinski definition) is 0. The van der Waals surface area contributed by atoms with E-state index in [1.165, 1.54) is 6.16 Å². The molecule has 0 aromatic carbocycles. The average Bonchev–Trinajstić information content (AvgIpc) is 1.37. The molecule has 0 aliphatic carbocycles. The van der Waals surface area contributed by atoms with Gasteiger partial charge >= 0.3 is 0 Å². The summed E-state index contributed by atoms with van der Waals surface area (Å²) in [5.74, 6) is 0.